The lowest BCUT2D eigenvalue weighted by molar-refractivity contribution is -0.384. The number of hydrogen-bond donors (Lipinski definition) is 1. The normalized spacial score (nSPS) is 15.6. The summed E-state index contributed by atoms with van der Waals surface area (Å²) in [7, 11) is 0. The predicted octanol–water partition coefficient (Wildman–Crippen LogP) is 3.17. The van der Waals surface area contributed by atoms with Crippen LogP contribution in [0, 0.1) is 10.1 Å². The Balaban J connectivity index is 1.96. The molecule has 0 radical (unpaired) electrons. The number of benzene rings is 2. The average Bonchev–Trinajstić information content (AvgIpc) is 3.09. The highest BCUT2D eigenvalue weighted by atomic mass is 79.9. The zero-order valence-corrected chi connectivity index (χ0v) is 20.4. The quantitative estimate of drug-likeness (QED) is 0.299. The second-order valence-electron chi connectivity index (χ2n) is 7.35. The van der Waals surface area contributed by atoms with Crippen molar-refractivity contribution < 1.29 is 19.6 Å². The van der Waals surface area contributed by atoms with Crippen molar-refractivity contribution in [1.82, 2.24) is 4.57 Å². The molecule has 1 unspecified atom stereocenters. The van der Waals surface area contributed by atoms with Gasteiger partial charge in [0.15, 0.2) is 4.80 Å². The third-order valence-corrected chi connectivity index (χ3v) is 6.72. The summed E-state index contributed by atoms with van der Waals surface area (Å²) in [6.45, 7) is 3.55. The number of nitro benzene ring substituents is 1. The number of esters is 1. The summed E-state index contributed by atoms with van der Waals surface area (Å²) in [6, 6.07) is 10.0. The first-order valence-corrected chi connectivity index (χ1v) is 11.7. The van der Waals surface area contributed by atoms with Gasteiger partial charge in [0.05, 0.1) is 33.4 Å². The van der Waals surface area contributed by atoms with Crippen molar-refractivity contribution in [1.29, 1.82) is 0 Å². The molecular formula is C23H18BrN3O6S. The molecule has 1 aromatic heterocycles. The van der Waals surface area contributed by atoms with Crippen LogP contribution in [0.2, 0.25) is 0 Å². The van der Waals surface area contributed by atoms with Gasteiger partial charge in [-0.1, -0.05) is 39.4 Å². The molecule has 0 fully saturated rings. The minimum atomic E-state index is -0.774. The maximum absolute atomic E-state index is 13.5. The molecular weight excluding hydrogens is 526 g/mol. The van der Waals surface area contributed by atoms with Gasteiger partial charge in [-0.3, -0.25) is 19.5 Å². The molecule has 0 saturated carbocycles. The van der Waals surface area contributed by atoms with E-state index in [2.05, 4.69) is 20.9 Å². The third-order valence-electron chi connectivity index (χ3n) is 5.21. The summed E-state index contributed by atoms with van der Waals surface area (Å²) in [6.07, 6.45) is 1.38. The van der Waals surface area contributed by atoms with Crippen LogP contribution >= 0.6 is 27.3 Å². The van der Waals surface area contributed by atoms with Crippen LogP contribution in [0.1, 0.15) is 31.0 Å². The Morgan fingerprint density at radius 2 is 2.03 bits per heavy atom. The molecule has 4 rings (SSSR count). The number of non-ortho nitro benzene ring substituents is 1. The van der Waals surface area contributed by atoms with Crippen LogP contribution in [0.25, 0.3) is 6.08 Å². The van der Waals surface area contributed by atoms with Gasteiger partial charge in [0.25, 0.3) is 11.2 Å². The van der Waals surface area contributed by atoms with Crippen molar-refractivity contribution in [2.24, 2.45) is 4.99 Å². The maximum atomic E-state index is 13.5. The number of aromatic hydroxyl groups is 1. The van der Waals surface area contributed by atoms with Gasteiger partial charge in [0.2, 0.25) is 0 Å². The van der Waals surface area contributed by atoms with Gasteiger partial charge in [-0.25, -0.2) is 9.79 Å². The van der Waals surface area contributed by atoms with Crippen LogP contribution in [0.5, 0.6) is 5.75 Å². The molecule has 174 valence electrons. The van der Waals surface area contributed by atoms with E-state index in [0.717, 1.165) is 15.8 Å². The van der Waals surface area contributed by atoms with Crippen LogP contribution in [0.15, 0.2) is 68.0 Å². The lowest BCUT2D eigenvalue weighted by Gasteiger charge is -2.24. The van der Waals surface area contributed by atoms with Gasteiger partial charge in [0.1, 0.15) is 5.75 Å². The first kappa shape index (κ1) is 23.6. The summed E-state index contributed by atoms with van der Waals surface area (Å²) in [5, 5.41) is 21.3. The van der Waals surface area contributed by atoms with E-state index in [1.165, 1.54) is 28.8 Å². The number of phenolic OH excluding ortho intramolecular Hbond substituents is 1. The number of nitrogens with zero attached hydrogens (tertiary/aromatic N) is 3. The number of carbonyl (C=O) groups excluding carboxylic acids is 1. The van der Waals surface area contributed by atoms with E-state index in [1.54, 1.807) is 26.0 Å². The van der Waals surface area contributed by atoms with Crippen molar-refractivity contribution in [2.75, 3.05) is 6.61 Å². The van der Waals surface area contributed by atoms with E-state index in [4.69, 9.17) is 4.74 Å². The summed E-state index contributed by atoms with van der Waals surface area (Å²) in [4.78, 5) is 41.8. The number of nitro groups is 1. The van der Waals surface area contributed by atoms with E-state index in [0.29, 0.717) is 16.1 Å². The van der Waals surface area contributed by atoms with Gasteiger partial charge < -0.3 is 9.84 Å². The number of rotatable bonds is 5. The van der Waals surface area contributed by atoms with Crippen LogP contribution < -0.4 is 14.9 Å². The number of ether oxygens (including phenoxy) is 1. The Hall–Kier alpha value is -3.57. The maximum Gasteiger partial charge on any atom is 0.338 e. The summed E-state index contributed by atoms with van der Waals surface area (Å²) in [5.41, 5.74) is 0.827. The lowest BCUT2D eigenvalue weighted by Crippen LogP contribution is -2.39. The zero-order chi connectivity index (χ0) is 24.6. The lowest BCUT2D eigenvalue weighted by atomic mass is 9.96. The zero-order valence-electron chi connectivity index (χ0n) is 18.0. The number of aromatic nitrogens is 1. The van der Waals surface area contributed by atoms with Crippen molar-refractivity contribution in [3.63, 3.8) is 0 Å². The summed E-state index contributed by atoms with van der Waals surface area (Å²) >= 11 is 4.46. The van der Waals surface area contributed by atoms with Crippen LogP contribution in [0.3, 0.4) is 0 Å². The summed E-state index contributed by atoms with van der Waals surface area (Å²) < 4.78 is 7.70. The molecule has 0 saturated heterocycles. The Bertz CT molecular complexity index is 1520. The number of halogens is 1. The first-order chi connectivity index (χ1) is 16.2. The molecule has 1 N–H and O–H groups in total. The number of carbonyl (C=O) groups is 1. The topological polar surface area (TPSA) is 124 Å². The number of thiazole rings is 1. The fourth-order valence-corrected chi connectivity index (χ4v) is 4.97. The Labute approximate surface area is 205 Å². The average molecular weight is 544 g/mol. The Kier molecular flexibility index (Phi) is 6.49. The molecule has 0 amide bonds. The van der Waals surface area contributed by atoms with Crippen molar-refractivity contribution in [2.45, 2.75) is 19.9 Å². The highest BCUT2D eigenvalue weighted by molar-refractivity contribution is 9.10. The number of hydrogen-bond acceptors (Lipinski definition) is 8. The second-order valence-corrected chi connectivity index (χ2v) is 9.28. The molecule has 9 nitrogen and oxygen atoms in total. The molecule has 2 heterocycles. The third kappa shape index (κ3) is 4.31. The van der Waals surface area contributed by atoms with E-state index >= 15 is 0 Å². The number of allylic oxidation sites excluding steroid dienone is 1. The monoisotopic (exact) mass is 543 g/mol. The molecule has 1 aliphatic heterocycles. The van der Waals surface area contributed by atoms with E-state index in [-0.39, 0.29) is 33.7 Å². The molecule has 0 spiro atoms. The Morgan fingerprint density at radius 1 is 1.32 bits per heavy atom. The minimum absolute atomic E-state index is 0.126. The fraction of sp³-hybridized carbons (Fsp3) is 0.174. The number of fused-ring (bicyclic) bond motifs is 1. The smallest absolute Gasteiger partial charge is 0.338 e. The van der Waals surface area contributed by atoms with Crippen molar-refractivity contribution in [3.8, 4) is 5.75 Å². The Morgan fingerprint density at radius 3 is 2.68 bits per heavy atom. The van der Waals surface area contributed by atoms with Crippen LogP contribution in [-0.4, -0.2) is 27.2 Å². The SMILES string of the molecule is CCOC(=O)C1=C(C)N=c2s/c(=C/c3cc([N+](=O)[O-])ccc3O)c(=O)n2C1c1ccc(Br)cc1. The molecule has 3 aromatic rings. The van der Waals surface area contributed by atoms with Gasteiger partial charge in [-0.05, 0) is 43.7 Å². The summed E-state index contributed by atoms with van der Waals surface area (Å²) in [5.74, 6) is -0.772. The van der Waals surface area contributed by atoms with E-state index < -0.39 is 22.5 Å². The molecule has 34 heavy (non-hydrogen) atoms. The minimum Gasteiger partial charge on any atom is -0.507 e. The standard InChI is InChI=1S/C23H18BrN3O6S/c1-3-33-22(30)19-12(2)25-23-26(20(19)13-4-6-15(24)7-5-13)21(29)18(34-23)11-14-10-16(27(31)32)8-9-17(14)28/h4-11,20,28H,3H2,1-2H3/b18-11+. The first-order valence-electron chi connectivity index (χ1n) is 10.1. The van der Waals surface area contributed by atoms with E-state index in [1.807, 2.05) is 12.1 Å². The molecule has 0 bridgehead atoms. The molecule has 11 heteroatoms. The van der Waals surface area contributed by atoms with Crippen LogP contribution in [0.4, 0.5) is 5.69 Å². The fourth-order valence-electron chi connectivity index (χ4n) is 3.66. The molecule has 2 aromatic carbocycles. The van der Waals surface area contributed by atoms with Crippen molar-refractivity contribution in [3.05, 3.63) is 99.1 Å². The molecule has 0 aliphatic carbocycles. The molecule has 1 aliphatic rings. The van der Waals surface area contributed by atoms with Gasteiger partial charge in [0, 0.05) is 22.2 Å². The van der Waals surface area contributed by atoms with Gasteiger partial charge in [-0.2, -0.15) is 0 Å². The van der Waals surface area contributed by atoms with Crippen molar-refractivity contribution >= 4 is 45.0 Å². The van der Waals surface area contributed by atoms with E-state index in [9.17, 15) is 24.8 Å². The van der Waals surface area contributed by atoms with Crippen LogP contribution in [-0.2, 0) is 9.53 Å². The largest absolute Gasteiger partial charge is 0.507 e. The highest BCUT2D eigenvalue weighted by Crippen LogP contribution is 2.31. The predicted molar refractivity (Wildman–Crippen MR) is 129 cm³/mol. The highest BCUT2D eigenvalue weighted by Gasteiger charge is 2.33. The number of phenols is 1. The van der Waals surface area contributed by atoms with Gasteiger partial charge >= 0.3 is 5.97 Å². The molecule has 1 atom stereocenters. The van der Waals surface area contributed by atoms with Gasteiger partial charge in [-0.15, -0.1) is 0 Å². The second kappa shape index (κ2) is 9.35.